The van der Waals surface area contributed by atoms with Crippen molar-refractivity contribution in [1.82, 2.24) is 37.8 Å². The largest absolute Gasteiger partial charge is 0.332 e. The van der Waals surface area contributed by atoms with E-state index in [0.29, 0.717) is 11.2 Å². The highest BCUT2D eigenvalue weighted by Gasteiger charge is 2.15. The minimum Gasteiger partial charge on any atom is -0.328 e. The molecular weight excluding hydrogens is 368 g/mol. The van der Waals surface area contributed by atoms with Crippen LogP contribution >= 0.6 is 0 Å². The summed E-state index contributed by atoms with van der Waals surface area (Å²) < 4.78 is 6.52. The lowest BCUT2D eigenvalue weighted by atomic mass is 10.4. The third-order valence-electron chi connectivity index (χ3n) is 4.82. The number of nitrogens with zero attached hydrogens (tertiary/aromatic N) is 7. The molecule has 4 aromatic rings. The molecule has 4 aromatic heterocycles. The van der Waals surface area contributed by atoms with Crippen molar-refractivity contribution in [3.63, 3.8) is 0 Å². The van der Waals surface area contributed by atoms with E-state index < -0.39 is 22.5 Å². The average Bonchev–Trinajstić information content (AvgIpc) is 3.21. The second-order valence-corrected chi connectivity index (χ2v) is 6.62. The van der Waals surface area contributed by atoms with E-state index in [1.807, 2.05) is 0 Å². The Morgan fingerprint density at radius 1 is 0.857 bits per heavy atom. The van der Waals surface area contributed by atoms with E-state index in [9.17, 15) is 19.2 Å². The molecule has 4 heterocycles. The number of fused-ring (bicyclic) bond motifs is 2. The summed E-state index contributed by atoms with van der Waals surface area (Å²) in [6, 6.07) is 0. The molecule has 0 saturated heterocycles. The first-order valence-electron chi connectivity index (χ1n) is 8.56. The first-order valence-corrected chi connectivity index (χ1v) is 8.56. The highest BCUT2D eigenvalue weighted by molar-refractivity contribution is 5.70. The standard InChI is InChI=1S/C16H18N8O4/c1-20-7-17-11-9(20)13(25)23(15(27)19-11)5-4-6-24-14(26)10-12(18-8-21(10)2)22(3)16(24)28/h7-8H,4-6H2,1-3H3,(H,19,27). The van der Waals surface area contributed by atoms with Crippen LogP contribution in [-0.2, 0) is 34.2 Å². The average molecular weight is 386 g/mol. The van der Waals surface area contributed by atoms with Gasteiger partial charge >= 0.3 is 11.4 Å². The van der Waals surface area contributed by atoms with Gasteiger partial charge in [-0.05, 0) is 6.42 Å². The SMILES string of the molecule is Cn1cnc2[nH]c(=O)n(CCCn3c(=O)c4c(ncn4C)n(C)c3=O)c(=O)c21. The maximum atomic E-state index is 12.7. The molecule has 0 aliphatic heterocycles. The fourth-order valence-electron chi connectivity index (χ4n) is 3.35. The van der Waals surface area contributed by atoms with Gasteiger partial charge in [0.2, 0.25) is 0 Å². The number of hydrogen-bond acceptors (Lipinski definition) is 6. The molecule has 0 aliphatic carbocycles. The number of aryl methyl sites for hydroxylation is 3. The molecule has 0 bridgehead atoms. The summed E-state index contributed by atoms with van der Waals surface area (Å²) in [5, 5.41) is 0. The van der Waals surface area contributed by atoms with Crippen LogP contribution in [0.1, 0.15) is 6.42 Å². The van der Waals surface area contributed by atoms with Crippen LogP contribution in [0.5, 0.6) is 0 Å². The van der Waals surface area contributed by atoms with Crippen LogP contribution in [0.2, 0.25) is 0 Å². The van der Waals surface area contributed by atoms with Crippen molar-refractivity contribution in [2.75, 3.05) is 0 Å². The number of nitrogens with one attached hydrogen (secondary N) is 1. The van der Waals surface area contributed by atoms with Gasteiger partial charge in [0, 0.05) is 34.2 Å². The zero-order chi connectivity index (χ0) is 20.2. The Morgan fingerprint density at radius 2 is 1.46 bits per heavy atom. The minimum absolute atomic E-state index is 0.0499. The third-order valence-corrected chi connectivity index (χ3v) is 4.82. The number of rotatable bonds is 4. The molecule has 28 heavy (non-hydrogen) atoms. The van der Waals surface area contributed by atoms with Crippen molar-refractivity contribution in [3.05, 3.63) is 54.3 Å². The van der Waals surface area contributed by atoms with Crippen LogP contribution < -0.4 is 22.5 Å². The van der Waals surface area contributed by atoms with Crippen molar-refractivity contribution in [1.29, 1.82) is 0 Å². The zero-order valence-electron chi connectivity index (χ0n) is 15.5. The van der Waals surface area contributed by atoms with Crippen molar-refractivity contribution in [2.24, 2.45) is 21.1 Å². The fourth-order valence-corrected chi connectivity index (χ4v) is 3.35. The maximum Gasteiger partial charge on any atom is 0.332 e. The molecule has 4 rings (SSSR count). The molecule has 0 atom stereocenters. The van der Waals surface area contributed by atoms with Gasteiger partial charge in [-0.3, -0.25) is 28.3 Å². The van der Waals surface area contributed by atoms with Gasteiger partial charge in [-0.25, -0.2) is 19.6 Å². The van der Waals surface area contributed by atoms with E-state index >= 15 is 0 Å². The maximum absolute atomic E-state index is 12.7. The number of hydrogen-bond donors (Lipinski definition) is 1. The van der Waals surface area contributed by atoms with Crippen molar-refractivity contribution in [3.8, 4) is 0 Å². The molecule has 0 spiro atoms. The van der Waals surface area contributed by atoms with E-state index in [1.54, 1.807) is 25.7 Å². The van der Waals surface area contributed by atoms with Gasteiger partial charge in [-0.1, -0.05) is 0 Å². The van der Waals surface area contributed by atoms with Gasteiger partial charge < -0.3 is 9.13 Å². The van der Waals surface area contributed by atoms with Crippen molar-refractivity contribution in [2.45, 2.75) is 19.5 Å². The minimum atomic E-state index is -0.585. The summed E-state index contributed by atoms with van der Waals surface area (Å²) in [4.78, 5) is 60.6. The van der Waals surface area contributed by atoms with Crippen molar-refractivity contribution >= 4 is 22.3 Å². The molecule has 0 unspecified atom stereocenters. The van der Waals surface area contributed by atoms with Gasteiger partial charge in [0.15, 0.2) is 22.3 Å². The summed E-state index contributed by atoms with van der Waals surface area (Å²) in [6.45, 7) is 0.107. The molecule has 1 N–H and O–H groups in total. The monoisotopic (exact) mass is 386 g/mol. The number of imidazole rings is 2. The van der Waals surface area contributed by atoms with Crippen LogP contribution in [0.3, 0.4) is 0 Å². The predicted octanol–water partition coefficient (Wildman–Crippen LogP) is -1.74. The topological polar surface area (TPSA) is 134 Å². The van der Waals surface area contributed by atoms with Crippen LogP contribution in [0, 0.1) is 0 Å². The van der Waals surface area contributed by atoms with Gasteiger partial charge in [0.25, 0.3) is 11.1 Å². The molecule has 0 amide bonds. The van der Waals surface area contributed by atoms with Crippen LogP contribution in [0.4, 0.5) is 0 Å². The molecule has 0 saturated carbocycles. The normalized spacial score (nSPS) is 11.7. The first kappa shape index (κ1) is 17.7. The Morgan fingerprint density at radius 3 is 2.21 bits per heavy atom. The highest BCUT2D eigenvalue weighted by Crippen LogP contribution is 2.03. The first-order chi connectivity index (χ1) is 13.3. The number of aromatic amines is 1. The van der Waals surface area contributed by atoms with E-state index in [2.05, 4.69) is 15.0 Å². The smallest absolute Gasteiger partial charge is 0.328 e. The summed E-state index contributed by atoms with van der Waals surface area (Å²) in [7, 11) is 4.87. The molecular formula is C16H18N8O4. The quantitative estimate of drug-likeness (QED) is 0.442. The molecule has 0 aromatic carbocycles. The van der Waals surface area contributed by atoms with Gasteiger partial charge in [-0.2, -0.15) is 0 Å². The predicted molar refractivity (Wildman–Crippen MR) is 100 cm³/mol. The van der Waals surface area contributed by atoms with Gasteiger partial charge in [0.05, 0.1) is 12.7 Å². The van der Waals surface area contributed by atoms with E-state index in [0.717, 1.165) is 9.13 Å². The highest BCUT2D eigenvalue weighted by atomic mass is 16.2. The number of aromatic nitrogens is 8. The zero-order valence-corrected chi connectivity index (χ0v) is 15.5. The second-order valence-electron chi connectivity index (χ2n) is 6.62. The molecule has 146 valence electrons. The van der Waals surface area contributed by atoms with Gasteiger partial charge in [-0.15, -0.1) is 0 Å². The van der Waals surface area contributed by atoms with Crippen LogP contribution in [0.15, 0.2) is 31.8 Å². The fraction of sp³-hybridized carbons (Fsp3) is 0.375. The van der Waals surface area contributed by atoms with E-state index in [1.165, 1.54) is 21.8 Å². The molecule has 0 fully saturated rings. The Labute approximate surface area is 155 Å². The molecule has 0 radical (unpaired) electrons. The van der Waals surface area contributed by atoms with Gasteiger partial charge in [0.1, 0.15) is 0 Å². The third kappa shape index (κ3) is 2.45. The molecule has 12 nitrogen and oxygen atoms in total. The lowest BCUT2D eigenvalue weighted by Crippen LogP contribution is -2.40. The summed E-state index contributed by atoms with van der Waals surface area (Å²) in [5.41, 5.74) is -0.887. The van der Waals surface area contributed by atoms with Crippen LogP contribution in [-0.4, -0.2) is 37.8 Å². The Balaban J connectivity index is 1.70. The lowest BCUT2D eigenvalue weighted by molar-refractivity contribution is 0.508. The summed E-state index contributed by atoms with van der Waals surface area (Å²) in [6.07, 6.45) is 3.15. The Bertz CT molecular complexity index is 1460. The Kier molecular flexibility index (Phi) is 3.91. The lowest BCUT2D eigenvalue weighted by Gasteiger charge is -2.09. The Hall–Kier alpha value is -3.70. The summed E-state index contributed by atoms with van der Waals surface area (Å²) >= 11 is 0. The summed E-state index contributed by atoms with van der Waals surface area (Å²) in [5.74, 6) is 0. The van der Waals surface area contributed by atoms with E-state index in [-0.39, 0.29) is 30.7 Å². The molecule has 0 aliphatic rings. The second kappa shape index (κ2) is 6.18. The van der Waals surface area contributed by atoms with E-state index in [4.69, 9.17) is 0 Å². The molecule has 12 heteroatoms. The van der Waals surface area contributed by atoms with Crippen molar-refractivity contribution < 1.29 is 0 Å². The number of H-pyrrole nitrogens is 1. The van der Waals surface area contributed by atoms with Crippen LogP contribution in [0.25, 0.3) is 22.3 Å².